The largest absolute Gasteiger partial charge is 0.459 e. The maximum Gasteiger partial charge on any atom is 0.324 e. The summed E-state index contributed by atoms with van der Waals surface area (Å²) in [6.07, 6.45) is 0.626. The number of aldehydes is 1. The number of hydrogen-bond acceptors (Lipinski definition) is 5. The van der Waals surface area contributed by atoms with E-state index in [1.807, 2.05) is 0 Å². The Balaban J connectivity index is 3.02. The molecule has 0 amide bonds. The molecule has 0 fully saturated rings. The Morgan fingerprint density at radius 3 is 2.09 bits per heavy atom. The maximum absolute atomic E-state index is 12.4. The van der Waals surface area contributed by atoms with Crippen LogP contribution in [0.1, 0.15) is 45.0 Å². The van der Waals surface area contributed by atoms with Crippen molar-refractivity contribution in [2.24, 2.45) is 5.92 Å². The number of carbonyl (C=O) groups is 2. The van der Waals surface area contributed by atoms with Gasteiger partial charge in [0.25, 0.3) is 0 Å². The third kappa shape index (κ3) is 5.76. The number of benzene rings is 1. The molecule has 1 N–H and O–H groups in total. The first-order valence-corrected chi connectivity index (χ1v) is 8.75. The molecule has 0 bridgehead atoms. The minimum Gasteiger partial charge on any atom is -0.459 e. The van der Waals surface area contributed by atoms with Gasteiger partial charge in [0.05, 0.1) is 4.90 Å². The molecule has 6 nitrogen and oxygen atoms in total. The summed E-state index contributed by atoms with van der Waals surface area (Å²) in [5, 5.41) is 0. The van der Waals surface area contributed by atoms with Crippen LogP contribution in [0.5, 0.6) is 0 Å². The van der Waals surface area contributed by atoms with Crippen LogP contribution in [0.15, 0.2) is 29.2 Å². The van der Waals surface area contributed by atoms with Gasteiger partial charge in [-0.3, -0.25) is 9.59 Å². The second-order valence-electron chi connectivity index (χ2n) is 6.56. The van der Waals surface area contributed by atoms with Crippen molar-refractivity contribution in [1.29, 1.82) is 0 Å². The Bertz CT molecular complexity index is 657. The van der Waals surface area contributed by atoms with E-state index in [0.29, 0.717) is 11.8 Å². The van der Waals surface area contributed by atoms with E-state index < -0.39 is 27.6 Å². The molecule has 128 valence electrons. The fourth-order valence-electron chi connectivity index (χ4n) is 1.78. The average Bonchev–Trinajstić information content (AvgIpc) is 2.42. The summed E-state index contributed by atoms with van der Waals surface area (Å²) in [5.74, 6) is -0.908. The SMILES string of the molecule is CC(C)[C@@H](NS(=O)(=O)c1ccc(C=O)cc1)C(=O)OC(C)(C)C. The van der Waals surface area contributed by atoms with Gasteiger partial charge in [-0.15, -0.1) is 0 Å². The van der Waals surface area contributed by atoms with E-state index >= 15 is 0 Å². The third-order valence-corrected chi connectivity index (χ3v) is 4.39. The minimum atomic E-state index is -3.90. The van der Waals surface area contributed by atoms with Crippen molar-refractivity contribution in [3.05, 3.63) is 29.8 Å². The Kier molecular flexibility index (Phi) is 6.07. The van der Waals surface area contributed by atoms with E-state index in [0.717, 1.165) is 0 Å². The Hall–Kier alpha value is -1.73. The minimum absolute atomic E-state index is 0.0164. The number of sulfonamides is 1. The van der Waals surface area contributed by atoms with Crippen LogP contribution in [-0.2, 0) is 19.6 Å². The molecular weight excluding hydrogens is 318 g/mol. The van der Waals surface area contributed by atoms with Gasteiger partial charge in [-0.05, 0) is 38.8 Å². The first-order valence-electron chi connectivity index (χ1n) is 7.27. The zero-order valence-electron chi connectivity index (χ0n) is 14.0. The molecule has 23 heavy (non-hydrogen) atoms. The van der Waals surface area contributed by atoms with Crippen LogP contribution in [0, 0.1) is 5.92 Å². The number of carbonyl (C=O) groups excluding carboxylic acids is 2. The second-order valence-corrected chi connectivity index (χ2v) is 8.28. The summed E-state index contributed by atoms with van der Waals surface area (Å²) in [6, 6.07) is 4.45. The number of rotatable bonds is 6. The first-order chi connectivity index (χ1) is 10.5. The molecule has 0 aliphatic heterocycles. The van der Waals surface area contributed by atoms with E-state index in [1.54, 1.807) is 34.6 Å². The fraction of sp³-hybridized carbons (Fsp3) is 0.500. The summed E-state index contributed by atoms with van der Waals surface area (Å²) in [6.45, 7) is 8.61. The lowest BCUT2D eigenvalue weighted by Gasteiger charge is -2.26. The Morgan fingerprint density at radius 1 is 1.17 bits per heavy atom. The Labute approximate surface area is 137 Å². The molecule has 0 unspecified atom stereocenters. The lowest BCUT2D eigenvalue weighted by molar-refractivity contribution is -0.158. The van der Waals surface area contributed by atoms with Crippen LogP contribution in [0.2, 0.25) is 0 Å². The Morgan fingerprint density at radius 2 is 1.70 bits per heavy atom. The molecule has 1 aromatic carbocycles. The second kappa shape index (κ2) is 7.23. The van der Waals surface area contributed by atoms with Crippen LogP contribution in [0.25, 0.3) is 0 Å². The van der Waals surface area contributed by atoms with Crippen molar-refractivity contribution in [1.82, 2.24) is 4.72 Å². The molecule has 7 heteroatoms. The third-order valence-electron chi connectivity index (χ3n) is 2.94. The number of ether oxygens (including phenoxy) is 1. The molecule has 0 saturated carbocycles. The van der Waals surface area contributed by atoms with E-state index in [1.165, 1.54) is 24.3 Å². The predicted octanol–water partition coefficient (Wildman–Crippen LogP) is 2.14. The van der Waals surface area contributed by atoms with Crippen molar-refractivity contribution >= 4 is 22.3 Å². The van der Waals surface area contributed by atoms with Crippen molar-refractivity contribution in [3.8, 4) is 0 Å². The van der Waals surface area contributed by atoms with E-state index in [4.69, 9.17) is 4.74 Å². The normalized spacial score (nSPS) is 13.7. The molecule has 0 aliphatic carbocycles. The van der Waals surface area contributed by atoms with Crippen molar-refractivity contribution in [3.63, 3.8) is 0 Å². The number of nitrogens with one attached hydrogen (secondary N) is 1. The molecule has 0 aromatic heterocycles. The molecule has 1 aromatic rings. The topological polar surface area (TPSA) is 89.5 Å². The van der Waals surface area contributed by atoms with Crippen LogP contribution in [0.4, 0.5) is 0 Å². The lowest BCUT2D eigenvalue weighted by Crippen LogP contribution is -2.47. The van der Waals surface area contributed by atoms with Gasteiger partial charge >= 0.3 is 5.97 Å². The van der Waals surface area contributed by atoms with Gasteiger partial charge in [-0.2, -0.15) is 4.72 Å². The molecule has 1 rings (SSSR count). The van der Waals surface area contributed by atoms with Gasteiger partial charge in [0.15, 0.2) is 0 Å². The maximum atomic E-state index is 12.4. The summed E-state index contributed by atoms with van der Waals surface area (Å²) >= 11 is 0. The average molecular weight is 341 g/mol. The van der Waals surface area contributed by atoms with Crippen LogP contribution in [-0.4, -0.2) is 32.3 Å². The molecule has 0 spiro atoms. The van der Waals surface area contributed by atoms with Crippen LogP contribution >= 0.6 is 0 Å². The van der Waals surface area contributed by atoms with Gasteiger partial charge in [0.1, 0.15) is 17.9 Å². The fourth-order valence-corrected chi connectivity index (χ4v) is 3.12. The molecular formula is C16H23NO5S. The lowest BCUT2D eigenvalue weighted by atomic mass is 10.1. The highest BCUT2D eigenvalue weighted by molar-refractivity contribution is 7.89. The van der Waals surface area contributed by atoms with E-state index in [2.05, 4.69) is 4.72 Å². The highest BCUT2D eigenvalue weighted by Gasteiger charge is 2.32. The van der Waals surface area contributed by atoms with Gasteiger partial charge in [-0.25, -0.2) is 8.42 Å². The molecule has 0 aliphatic rings. The zero-order valence-corrected chi connectivity index (χ0v) is 14.8. The van der Waals surface area contributed by atoms with Crippen LogP contribution in [0.3, 0.4) is 0 Å². The van der Waals surface area contributed by atoms with Crippen molar-refractivity contribution in [2.45, 2.75) is 51.2 Å². The summed E-state index contributed by atoms with van der Waals surface area (Å²) < 4.78 is 32.5. The van der Waals surface area contributed by atoms with Crippen molar-refractivity contribution < 1.29 is 22.7 Å². The zero-order chi connectivity index (χ0) is 17.8. The highest BCUT2D eigenvalue weighted by atomic mass is 32.2. The standard InChI is InChI=1S/C16H23NO5S/c1-11(2)14(15(19)22-16(3,4)5)17-23(20,21)13-8-6-12(10-18)7-9-13/h6-11,14,17H,1-5H3/t14-/m1/s1. The molecule has 1 atom stereocenters. The quantitative estimate of drug-likeness (QED) is 0.632. The summed E-state index contributed by atoms with van der Waals surface area (Å²) in [5.41, 5.74) is -0.335. The van der Waals surface area contributed by atoms with Crippen molar-refractivity contribution in [2.75, 3.05) is 0 Å². The predicted molar refractivity (Wildman–Crippen MR) is 86.6 cm³/mol. The van der Waals surface area contributed by atoms with Gasteiger partial charge in [-0.1, -0.05) is 26.0 Å². The number of hydrogen-bond donors (Lipinski definition) is 1. The summed E-state index contributed by atoms with van der Waals surface area (Å²) in [7, 11) is -3.90. The monoisotopic (exact) mass is 341 g/mol. The number of esters is 1. The van der Waals surface area contributed by atoms with Gasteiger partial charge in [0, 0.05) is 5.56 Å². The van der Waals surface area contributed by atoms with E-state index in [9.17, 15) is 18.0 Å². The highest BCUT2D eigenvalue weighted by Crippen LogP contribution is 2.16. The summed E-state index contributed by atoms with van der Waals surface area (Å²) in [4.78, 5) is 22.8. The van der Waals surface area contributed by atoms with E-state index in [-0.39, 0.29) is 10.8 Å². The molecule has 0 saturated heterocycles. The molecule has 0 heterocycles. The van der Waals surface area contributed by atoms with Gasteiger partial charge in [0.2, 0.25) is 10.0 Å². The molecule has 0 radical (unpaired) electrons. The van der Waals surface area contributed by atoms with Crippen LogP contribution < -0.4 is 4.72 Å². The smallest absolute Gasteiger partial charge is 0.324 e. The first kappa shape index (κ1) is 19.3. The van der Waals surface area contributed by atoms with Gasteiger partial charge < -0.3 is 4.74 Å².